The second-order valence-corrected chi connectivity index (χ2v) is 9.85. The molecule has 43 heavy (non-hydrogen) atoms. The van der Waals surface area contributed by atoms with Crippen molar-refractivity contribution in [2.24, 2.45) is 7.05 Å². The van der Waals surface area contributed by atoms with Crippen LogP contribution in [0.4, 0.5) is 5.82 Å². The van der Waals surface area contributed by atoms with Gasteiger partial charge in [0.2, 0.25) is 0 Å². The summed E-state index contributed by atoms with van der Waals surface area (Å²) in [4.78, 5) is 40.4. The van der Waals surface area contributed by atoms with Gasteiger partial charge >= 0.3 is 0 Å². The molecule has 4 aromatic heterocycles. The van der Waals surface area contributed by atoms with E-state index >= 15 is 0 Å². The molecule has 214 valence electrons. The second-order valence-electron chi connectivity index (χ2n) is 9.85. The van der Waals surface area contributed by atoms with Crippen molar-refractivity contribution in [3.05, 3.63) is 125 Å². The number of carbonyl (C=O) groups excluding carboxylic acids is 1. The summed E-state index contributed by atoms with van der Waals surface area (Å²) in [6.45, 7) is 1.93. The number of hydrogen-bond donors (Lipinski definition) is 1. The molecular formula is C33H28N6O4. The van der Waals surface area contributed by atoms with Gasteiger partial charge in [-0.05, 0) is 55.0 Å². The third-order valence-corrected chi connectivity index (χ3v) is 7.25. The van der Waals surface area contributed by atoms with Crippen LogP contribution < -0.4 is 20.3 Å². The topological polar surface area (TPSA) is 113 Å². The number of ether oxygens (including phenoxy) is 2. The highest BCUT2D eigenvalue weighted by molar-refractivity contribution is 6.07. The van der Waals surface area contributed by atoms with Gasteiger partial charge in [0.1, 0.15) is 28.6 Å². The van der Waals surface area contributed by atoms with E-state index in [9.17, 15) is 9.59 Å². The fraction of sp³-hybridized carbons (Fsp3) is 0.121. The number of carbonyl (C=O) groups is 1. The van der Waals surface area contributed by atoms with E-state index in [4.69, 9.17) is 9.47 Å². The summed E-state index contributed by atoms with van der Waals surface area (Å²) >= 11 is 0. The van der Waals surface area contributed by atoms with Gasteiger partial charge < -0.3 is 14.8 Å². The Morgan fingerprint density at radius 2 is 1.67 bits per heavy atom. The van der Waals surface area contributed by atoms with Crippen LogP contribution in [0.1, 0.15) is 28.9 Å². The molecule has 6 aromatic rings. The summed E-state index contributed by atoms with van der Waals surface area (Å²) in [5.74, 6) is 1.48. The predicted octanol–water partition coefficient (Wildman–Crippen LogP) is 5.85. The monoisotopic (exact) mass is 572 g/mol. The van der Waals surface area contributed by atoms with E-state index in [2.05, 4.69) is 20.3 Å². The van der Waals surface area contributed by atoms with E-state index in [-0.39, 0.29) is 17.4 Å². The molecule has 6 rings (SSSR count). The van der Waals surface area contributed by atoms with Gasteiger partial charge in [-0.1, -0.05) is 30.3 Å². The minimum atomic E-state index is -0.568. The number of amides is 1. The summed E-state index contributed by atoms with van der Waals surface area (Å²) in [6.07, 6.45) is 6.42. The summed E-state index contributed by atoms with van der Waals surface area (Å²) < 4.78 is 14.7. The van der Waals surface area contributed by atoms with Gasteiger partial charge in [0.25, 0.3) is 11.5 Å². The molecule has 0 aliphatic rings. The molecule has 0 saturated carbocycles. The molecule has 1 atom stereocenters. The normalized spacial score (nSPS) is 11.7. The minimum absolute atomic E-state index is 0.0114. The predicted molar refractivity (Wildman–Crippen MR) is 164 cm³/mol. The van der Waals surface area contributed by atoms with E-state index in [0.29, 0.717) is 28.5 Å². The van der Waals surface area contributed by atoms with E-state index in [1.807, 2.05) is 55.5 Å². The highest BCUT2D eigenvalue weighted by Gasteiger charge is 2.28. The molecule has 0 spiro atoms. The van der Waals surface area contributed by atoms with Crippen molar-refractivity contribution >= 4 is 22.6 Å². The maximum Gasteiger partial charge on any atom is 0.280 e. The number of anilines is 1. The zero-order chi connectivity index (χ0) is 29.9. The molecule has 1 amide bonds. The lowest BCUT2D eigenvalue weighted by atomic mass is 10.1. The molecule has 0 saturated heterocycles. The van der Waals surface area contributed by atoms with E-state index in [1.165, 1.54) is 6.20 Å². The van der Waals surface area contributed by atoms with Crippen molar-refractivity contribution in [1.82, 2.24) is 24.3 Å². The lowest BCUT2D eigenvalue weighted by Gasteiger charge is -2.17. The number of pyridine rings is 3. The van der Waals surface area contributed by atoms with Gasteiger partial charge in [0.15, 0.2) is 0 Å². The van der Waals surface area contributed by atoms with Crippen molar-refractivity contribution in [2.45, 2.75) is 13.0 Å². The van der Waals surface area contributed by atoms with Crippen LogP contribution in [0.5, 0.6) is 17.2 Å². The van der Waals surface area contributed by atoms with Crippen molar-refractivity contribution in [1.29, 1.82) is 0 Å². The lowest BCUT2D eigenvalue weighted by Crippen LogP contribution is -2.29. The van der Waals surface area contributed by atoms with Crippen LogP contribution in [-0.4, -0.2) is 37.3 Å². The number of fused-ring (bicyclic) bond motifs is 1. The van der Waals surface area contributed by atoms with E-state index in [1.54, 1.807) is 72.4 Å². The van der Waals surface area contributed by atoms with Crippen LogP contribution in [0.3, 0.4) is 0 Å². The SMILES string of the molecule is COc1ccc2c(Oc3ccc(NC(=O)c4c(-c5ccncc5)n(C)n([C@@H](C)c5ccccc5)c4=O)nc3)ccnc2c1. The number of aromatic nitrogens is 5. The summed E-state index contributed by atoms with van der Waals surface area (Å²) in [7, 11) is 3.38. The Hall–Kier alpha value is -5.77. The van der Waals surface area contributed by atoms with Gasteiger partial charge in [-0.3, -0.25) is 24.2 Å². The van der Waals surface area contributed by atoms with Gasteiger partial charge in [0.05, 0.1) is 30.6 Å². The lowest BCUT2D eigenvalue weighted by molar-refractivity contribution is 0.102. The zero-order valence-corrected chi connectivity index (χ0v) is 23.8. The number of hydrogen-bond acceptors (Lipinski definition) is 7. The maximum atomic E-state index is 13.8. The maximum absolute atomic E-state index is 13.8. The molecule has 0 aliphatic carbocycles. The van der Waals surface area contributed by atoms with Crippen LogP contribution in [0.25, 0.3) is 22.2 Å². The number of rotatable bonds is 8. The Bertz CT molecular complexity index is 1970. The van der Waals surface area contributed by atoms with Crippen molar-refractivity contribution in [3.8, 4) is 28.5 Å². The highest BCUT2D eigenvalue weighted by Crippen LogP contribution is 2.31. The minimum Gasteiger partial charge on any atom is -0.497 e. The molecule has 10 nitrogen and oxygen atoms in total. The molecule has 0 bridgehead atoms. The van der Waals surface area contributed by atoms with Gasteiger partial charge in [-0.15, -0.1) is 0 Å². The van der Waals surface area contributed by atoms with Gasteiger partial charge in [-0.2, -0.15) is 0 Å². The summed E-state index contributed by atoms with van der Waals surface area (Å²) in [6, 6.07) is 23.5. The molecule has 2 aromatic carbocycles. The first-order chi connectivity index (χ1) is 20.9. The molecule has 10 heteroatoms. The molecule has 0 radical (unpaired) electrons. The Balaban J connectivity index is 1.29. The number of nitrogens with one attached hydrogen (secondary N) is 1. The zero-order valence-electron chi connectivity index (χ0n) is 23.8. The van der Waals surface area contributed by atoms with Crippen LogP contribution in [0, 0.1) is 0 Å². The van der Waals surface area contributed by atoms with E-state index in [0.717, 1.165) is 16.5 Å². The average molecular weight is 573 g/mol. The fourth-order valence-corrected chi connectivity index (χ4v) is 5.11. The quantitative estimate of drug-likeness (QED) is 0.243. The first kappa shape index (κ1) is 27.4. The smallest absolute Gasteiger partial charge is 0.280 e. The van der Waals surface area contributed by atoms with Gasteiger partial charge in [-0.25, -0.2) is 9.67 Å². The third kappa shape index (κ3) is 5.33. The summed E-state index contributed by atoms with van der Waals surface area (Å²) in [5.41, 5.74) is 2.44. The van der Waals surface area contributed by atoms with Crippen molar-refractivity contribution in [3.63, 3.8) is 0 Å². The molecule has 0 aliphatic heterocycles. The van der Waals surface area contributed by atoms with Crippen LogP contribution in [0.2, 0.25) is 0 Å². The Morgan fingerprint density at radius 3 is 2.40 bits per heavy atom. The number of methoxy groups -OCH3 is 1. The van der Waals surface area contributed by atoms with Crippen molar-refractivity contribution < 1.29 is 14.3 Å². The Morgan fingerprint density at radius 1 is 0.907 bits per heavy atom. The molecule has 0 fully saturated rings. The number of nitrogens with zero attached hydrogens (tertiary/aromatic N) is 5. The molecule has 0 unspecified atom stereocenters. The average Bonchev–Trinajstić information content (AvgIpc) is 3.31. The standard InChI is InChI=1S/C33H28N6O4/c1-21(22-7-5-4-6-8-22)39-33(41)30(31(38(39)2)23-13-16-34-17-14-23)32(40)37-29-12-10-25(20-36-29)43-28-15-18-35-27-19-24(42-3)9-11-26(27)28/h4-21H,1-3H3,(H,36,37,40)/t21-/m0/s1. The Kier molecular flexibility index (Phi) is 7.40. The second kappa shape index (κ2) is 11.6. The van der Waals surface area contributed by atoms with Crippen LogP contribution >= 0.6 is 0 Å². The first-order valence-corrected chi connectivity index (χ1v) is 13.6. The van der Waals surface area contributed by atoms with Crippen LogP contribution in [0.15, 0.2) is 108 Å². The Labute approximate surface area is 247 Å². The summed E-state index contributed by atoms with van der Waals surface area (Å²) in [5, 5.41) is 3.60. The van der Waals surface area contributed by atoms with Gasteiger partial charge in [0, 0.05) is 42.7 Å². The number of benzene rings is 2. The highest BCUT2D eigenvalue weighted by atomic mass is 16.5. The van der Waals surface area contributed by atoms with Crippen LogP contribution in [-0.2, 0) is 7.05 Å². The molecule has 1 N–H and O–H groups in total. The fourth-order valence-electron chi connectivity index (χ4n) is 5.11. The van der Waals surface area contributed by atoms with Crippen molar-refractivity contribution in [2.75, 3.05) is 12.4 Å². The molecule has 4 heterocycles. The third-order valence-electron chi connectivity index (χ3n) is 7.25. The first-order valence-electron chi connectivity index (χ1n) is 13.6. The largest absolute Gasteiger partial charge is 0.497 e. The molecular weight excluding hydrogens is 544 g/mol. The van der Waals surface area contributed by atoms with E-state index < -0.39 is 11.5 Å².